The van der Waals surface area contributed by atoms with Crippen LogP contribution >= 0.6 is 0 Å². The highest BCUT2D eigenvalue weighted by Gasteiger charge is 2.23. The van der Waals surface area contributed by atoms with Gasteiger partial charge in [0.15, 0.2) is 0 Å². The number of rotatable bonds is 12. The van der Waals surface area contributed by atoms with Gasteiger partial charge in [-0.15, -0.1) is 0 Å². The molecule has 8 heteroatoms. The van der Waals surface area contributed by atoms with Crippen molar-refractivity contribution < 1.29 is 18.3 Å². The highest BCUT2D eigenvalue weighted by Crippen LogP contribution is 2.17. The lowest BCUT2D eigenvalue weighted by molar-refractivity contribution is 0.0696. The number of unbranched alkanes of at least 4 members (excludes halogenated alkanes) is 3. The summed E-state index contributed by atoms with van der Waals surface area (Å²) in [6.07, 6.45) is 6.64. The molecule has 0 amide bonds. The number of hydrazine groups is 1. The van der Waals surface area contributed by atoms with Crippen molar-refractivity contribution in [3.8, 4) is 0 Å². The van der Waals surface area contributed by atoms with E-state index in [1.807, 2.05) is 13.8 Å². The summed E-state index contributed by atoms with van der Waals surface area (Å²) in [6, 6.07) is 5.31. The number of aromatic carboxylic acids is 1. The van der Waals surface area contributed by atoms with Gasteiger partial charge in [-0.05, 0) is 43.5 Å². The fraction of sp³-hybridized carbons (Fsp3) is 0.632. The smallest absolute Gasteiger partial charge is 0.335 e. The van der Waals surface area contributed by atoms with E-state index in [0.29, 0.717) is 13.1 Å². The summed E-state index contributed by atoms with van der Waals surface area (Å²) in [5, 5.41) is 8.80. The molecule has 1 aromatic carbocycles. The molecule has 0 saturated heterocycles. The largest absolute Gasteiger partial charge is 0.478 e. The van der Waals surface area contributed by atoms with E-state index < -0.39 is 16.0 Å². The lowest BCUT2D eigenvalue weighted by Gasteiger charge is -2.20. The van der Waals surface area contributed by atoms with Gasteiger partial charge in [0, 0.05) is 19.6 Å². The zero-order valence-corrected chi connectivity index (χ0v) is 17.6. The average molecular weight is 402 g/mol. The lowest BCUT2D eigenvalue weighted by atomic mass is 10.2. The third-order valence-corrected chi connectivity index (χ3v) is 5.77. The van der Waals surface area contributed by atoms with Gasteiger partial charge in [-0.3, -0.25) is 11.3 Å². The van der Waals surface area contributed by atoms with Gasteiger partial charge >= 0.3 is 5.97 Å². The number of benzene rings is 1. The molecule has 0 saturated carbocycles. The number of sulfonamides is 1. The Morgan fingerprint density at radius 3 is 1.96 bits per heavy atom. The first-order valence-electron chi connectivity index (χ1n) is 9.62. The maximum atomic E-state index is 12.4. The molecule has 0 aliphatic rings. The highest BCUT2D eigenvalue weighted by molar-refractivity contribution is 7.89. The molecule has 1 aromatic rings. The number of carbonyl (C=O) groups is 1. The van der Waals surface area contributed by atoms with Crippen molar-refractivity contribution in [2.45, 2.75) is 64.2 Å². The van der Waals surface area contributed by atoms with Crippen molar-refractivity contribution in [1.29, 1.82) is 0 Å². The Kier molecular flexibility index (Phi) is 13.8. The van der Waals surface area contributed by atoms with Gasteiger partial charge < -0.3 is 5.11 Å². The Balaban J connectivity index is 0.000000713. The molecule has 7 nitrogen and oxygen atoms in total. The van der Waals surface area contributed by atoms with E-state index in [1.54, 1.807) is 0 Å². The van der Waals surface area contributed by atoms with E-state index in [4.69, 9.17) is 10.9 Å². The van der Waals surface area contributed by atoms with Crippen LogP contribution in [0.15, 0.2) is 29.2 Å². The van der Waals surface area contributed by atoms with Crippen molar-refractivity contribution >= 4 is 16.0 Å². The Morgan fingerprint density at radius 1 is 1.00 bits per heavy atom. The van der Waals surface area contributed by atoms with Crippen molar-refractivity contribution in [2.75, 3.05) is 19.6 Å². The molecular formula is C19H35N3O4S. The van der Waals surface area contributed by atoms with Gasteiger partial charge in [-0.1, -0.05) is 40.0 Å². The summed E-state index contributed by atoms with van der Waals surface area (Å²) < 4.78 is 26.2. The van der Waals surface area contributed by atoms with Crippen LogP contribution < -0.4 is 11.3 Å². The monoisotopic (exact) mass is 401 g/mol. The Bertz CT molecular complexity index is 606. The fourth-order valence-corrected chi connectivity index (χ4v) is 4.05. The normalized spacial score (nSPS) is 11.1. The van der Waals surface area contributed by atoms with Crippen molar-refractivity contribution in [3.05, 3.63) is 29.8 Å². The Morgan fingerprint density at radius 2 is 1.56 bits per heavy atom. The van der Waals surface area contributed by atoms with Crippen molar-refractivity contribution in [1.82, 2.24) is 9.73 Å². The Hall–Kier alpha value is -1.48. The second kappa shape index (κ2) is 14.6. The third-order valence-electron chi connectivity index (χ3n) is 3.86. The zero-order valence-electron chi connectivity index (χ0n) is 16.8. The number of carboxylic acids is 1. The summed E-state index contributed by atoms with van der Waals surface area (Å²) in [5.41, 5.74) is 2.71. The minimum absolute atomic E-state index is 0.0801. The third kappa shape index (κ3) is 9.86. The van der Waals surface area contributed by atoms with E-state index in [1.165, 1.54) is 54.3 Å². The van der Waals surface area contributed by atoms with Crippen molar-refractivity contribution in [2.24, 2.45) is 5.84 Å². The van der Waals surface area contributed by atoms with Crippen LogP contribution in [0.25, 0.3) is 0 Å². The molecule has 4 N–H and O–H groups in total. The second-order valence-corrected chi connectivity index (χ2v) is 8.19. The predicted octanol–water partition coefficient (Wildman–Crippen LogP) is 3.23. The van der Waals surface area contributed by atoms with Gasteiger partial charge in [0.1, 0.15) is 0 Å². The quantitative estimate of drug-likeness (QED) is 0.282. The standard InChI is InChI=1S/C13H19NO4S.C6H16N2/c1-3-9-14(10-4-2)19(17,18)12-7-5-11(6-8-12)13(15)16;1-2-3-4-5-6-8-7/h5-8H,3-4,9-10H2,1-2H3,(H,15,16);8H,2-7H2,1H3. The van der Waals surface area contributed by atoms with Crippen LogP contribution in [0.5, 0.6) is 0 Å². The summed E-state index contributed by atoms with van der Waals surface area (Å²) in [7, 11) is -3.53. The first kappa shape index (κ1) is 25.5. The Labute approximate surface area is 164 Å². The molecule has 27 heavy (non-hydrogen) atoms. The first-order valence-corrected chi connectivity index (χ1v) is 11.1. The zero-order chi connectivity index (χ0) is 20.7. The molecule has 156 valence electrons. The molecule has 0 aliphatic carbocycles. The number of carboxylic acid groups (broad SMARTS) is 1. The highest BCUT2D eigenvalue weighted by atomic mass is 32.2. The summed E-state index contributed by atoms with van der Waals surface area (Å²) in [4.78, 5) is 10.9. The maximum Gasteiger partial charge on any atom is 0.335 e. The molecule has 0 radical (unpaired) electrons. The number of nitrogens with two attached hydrogens (primary N) is 1. The van der Waals surface area contributed by atoms with Crippen LogP contribution in [-0.2, 0) is 10.0 Å². The van der Waals surface area contributed by atoms with Crippen LogP contribution in [0.1, 0.15) is 69.7 Å². The molecule has 0 aliphatic heterocycles. The molecule has 0 aromatic heterocycles. The van der Waals surface area contributed by atoms with Crippen LogP contribution in [0.3, 0.4) is 0 Å². The van der Waals surface area contributed by atoms with Crippen LogP contribution in [0.4, 0.5) is 0 Å². The second-order valence-electron chi connectivity index (χ2n) is 6.25. The number of hydrogen-bond donors (Lipinski definition) is 3. The SMILES string of the molecule is CCCCCCNN.CCCN(CCC)S(=O)(=O)c1ccc(C(=O)O)cc1. The predicted molar refractivity (Wildman–Crippen MR) is 109 cm³/mol. The minimum atomic E-state index is -3.53. The topological polar surface area (TPSA) is 113 Å². The molecule has 0 atom stereocenters. The van der Waals surface area contributed by atoms with Crippen molar-refractivity contribution in [3.63, 3.8) is 0 Å². The van der Waals surface area contributed by atoms with Gasteiger partial charge in [-0.25, -0.2) is 13.2 Å². The average Bonchev–Trinajstić information content (AvgIpc) is 2.65. The molecule has 0 spiro atoms. The number of hydrogen-bond acceptors (Lipinski definition) is 5. The van der Waals surface area contributed by atoms with Crippen LogP contribution in [-0.4, -0.2) is 43.4 Å². The number of nitrogens with zero attached hydrogens (tertiary/aromatic N) is 1. The van der Waals surface area contributed by atoms with E-state index in [9.17, 15) is 13.2 Å². The van der Waals surface area contributed by atoms with Gasteiger partial charge in [0.2, 0.25) is 10.0 Å². The van der Waals surface area contributed by atoms with E-state index in [-0.39, 0.29) is 10.5 Å². The molecule has 0 unspecified atom stereocenters. The van der Waals surface area contributed by atoms with Gasteiger partial charge in [-0.2, -0.15) is 4.31 Å². The molecule has 0 bridgehead atoms. The molecule has 1 rings (SSSR count). The lowest BCUT2D eigenvalue weighted by Crippen LogP contribution is -2.32. The summed E-state index contributed by atoms with van der Waals surface area (Å²) in [6.45, 7) is 7.95. The van der Waals surface area contributed by atoms with E-state index >= 15 is 0 Å². The number of nitrogens with one attached hydrogen (secondary N) is 1. The minimum Gasteiger partial charge on any atom is -0.478 e. The van der Waals surface area contributed by atoms with E-state index in [2.05, 4.69) is 12.3 Å². The molecule has 0 fully saturated rings. The fourth-order valence-electron chi connectivity index (χ4n) is 2.42. The molecule has 0 heterocycles. The van der Waals surface area contributed by atoms with Gasteiger partial charge in [0.25, 0.3) is 0 Å². The van der Waals surface area contributed by atoms with Crippen LogP contribution in [0, 0.1) is 0 Å². The van der Waals surface area contributed by atoms with Gasteiger partial charge in [0.05, 0.1) is 10.5 Å². The summed E-state index contributed by atoms with van der Waals surface area (Å²) >= 11 is 0. The van der Waals surface area contributed by atoms with E-state index in [0.717, 1.165) is 19.4 Å². The first-order chi connectivity index (χ1) is 12.8. The van der Waals surface area contributed by atoms with Crippen LogP contribution in [0.2, 0.25) is 0 Å². The maximum absolute atomic E-state index is 12.4. The molecular weight excluding hydrogens is 366 g/mol. The summed E-state index contributed by atoms with van der Waals surface area (Å²) in [5.74, 6) is 3.99.